The van der Waals surface area contributed by atoms with E-state index in [0.717, 1.165) is 34.8 Å². The number of amides is 1. The molecule has 1 unspecified atom stereocenters. The molecule has 6 heteroatoms. The number of hydrazone groups is 1. The first kappa shape index (κ1) is 15.9. The summed E-state index contributed by atoms with van der Waals surface area (Å²) in [5.74, 6) is 2.11. The summed E-state index contributed by atoms with van der Waals surface area (Å²) in [6.07, 6.45) is 0.772. The van der Waals surface area contributed by atoms with Crippen LogP contribution in [0, 0.1) is 0 Å². The first-order valence-corrected chi connectivity index (χ1v) is 9.03. The summed E-state index contributed by atoms with van der Waals surface area (Å²) in [7, 11) is 1.66. The lowest BCUT2D eigenvalue weighted by molar-refractivity contribution is 0.267. The van der Waals surface area contributed by atoms with Crippen LogP contribution in [-0.4, -0.2) is 34.7 Å². The van der Waals surface area contributed by atoms with Crippen LogP contribution in [-0.2, 0) is 0 Å². The molecule has 2 aliphatic rings. The lowest BCUT2D eigenvalue weighted by atomic mass is 9.98. The van der Waals surface area contributed by atoms with Crippen LogP contribution in [0.2, 0.25) is 0 Å². The number of benzene rings is 2. The molecule has 4 rings (SSSR count). The number of rotatable bonds is 3. The fourth-order valence-electron chi connectivity index (χ4n) is 3.05. The highest BCUT2D eigenvalue weighted by atomic mass is 32.2. The van der Waals surface area contributed by atoms with E-state index in [2.05, 4.69) is 17.1 Å². The zero-order valence-electron chi connectivity index (χ0n) is 13.8. The number of hydrogen-bond donors (Lipinski definition) is 0. The monoisotopic (exact) mass is 351 g/mol. The van der Waals surface area contributed by atoms with Gasteiger partial charge in [0, 0.05) is 6.42 Å². The van der Waals surface area contributed by atoms with Crippen molar-refractivity contribution >= 4 is 28.5 Å². The third-order valence-corrected chi connectivity index (χ3v) is 5.07. The molecule has 2 heterocycles. The van der Waals surface area contributed by atoms with Crippen LogP contribution in [0.15, 0.2) is 64.7 Å². The van der Waals surface area contributed by atoms with Gasteiger partial charge in [-0.1, -0.05) is 54.2 Å². The molecule has 0 spiro atoms. The third kappa shape index (κ3) is 3.17. The molecule has 25 heavy (non-hydrogen) atoms. The van der Waals surface area contributed by atoms with Crippen LogP contribution in [0.1, 0.15) is 23.6 Å². The molecule has 5 nitrogen and oxygen atoms in total. The molecule has 0 radical (unpaired) electrons. The number of nitrogens with zero attached hydrogens (tertiary/aromatic N) is 3. The van der Waals surface area contributed by atoms with E-state index in [1.807, 2.05) is 47.5 Å². The minimum Gasteiger partial charge on any atom is -0.497 e. The lowest BCUT2D eigenvalue weighted by Crippen LogP contribution is -2.27. The number of methoxy groups -OCH3 is 1. The first-order valence-electron chi connectivity index (χ1n) is 8.05. The largest absolute Gasteiger partial charge is 0.497 e. The average molecular weight is 351 g/mol. The topological polar surface area (TPSA) is 54.3 Å². The van der Waals surface area contributed by atoms with Gasteiger partial charge < -0.3 is 4.74 Å². The maximum Gasteiger partial charge on any atom is 0.307 e. The molecular weight excluding hydrogens is 334 g/mol. The molecule has 0 saturated heterocycles. The minimum atomic E-state index is -0.146. The molecule has 0 bridgehead atoms. The summed E-state index contributed by atoms with van der Waals surface area (Å²) in [5, 5.41) is 6.56. The van der Waals surface area contributed by atoms with E-state index < -0.39 is 0 Å². The van der Waals surface area contributed by atoms with Crippen molar-refractivity contribution in [2.45, 2.75) is 12.5 Å². The van der Waals surface area contributed by atoms with Crippen LogP contribution < -0.4 is 4.74 Å². The number of amidine groups is 1. The van der Waals surface area contributed by atoms with E-state index >= 15 is 0 Å². The maximum atomic E-state index is 11.6. The summed E-state index contributed by atoms with van der Waals surface area (Å²) < 4.78 is 5.25. The zero-order valence-corrected chi connectivity index (χ0v) is 14.6. The molecule has 0 N–H and O–H groups in total. The maximum absolute atomic E-state index is 11.6. The van der Waals surface area contributed by atoms with E-state index in [4.69, 9.17) is 9.84 Å². The Labute approximate surface area is 150 Å². The summed E-state index contributed by atoms with van der Waals surface area (Å²) in [4.78, 5) is 15.7. The van der Waals surface area contributed by atoms with Crippen LogP contribution in [0.5, 0.6) is 5.75 Å². The first-order chi connectivity index (χ1) is 12.2. The molecule has 1 atom stereocenters. The molecule has 0 aliphatic carbocycles. The minimum absolute atomic E-state index is 0.0337. The Hall–Kier alpha value is -2.60. The Bertz CT molecular complexity index is 847. The van der Waals surface area contributed by atoms with E-state index in [1.165, 1.54) is 11.8 Å². The standard InChI is InChI=1S/C19H17N3O2S/c1-24-15-9-7-14(8-10-15)17-11-16(13-5-3-2-4-6-13)21-22(17)18-12-25-19(23)20-18/h2-10,17H,11-12H2,1H3. The molecule has 0 saturated carbocycles. The Morgan fingerprint density at radius 1 is 1.12 bits per heavy atom. The van der Waals surface area contributed by atoms with Gasteiger partial charge in [-0.05, 0) is 23.3 Å². The predicted molar refractivity (Wildman–Crippen MR) is 100 cm³/mol. The molecule has 0 fully saturated rings. The van der Waals surface area contributed by atoms with Crippen molar-refractivity contribution < 1.29 is 9.53 Å². The van der Waals surface area contributed by atoms with Crippen LogP contribution >= 0.6 is 11.8 Å². The highest BCUT2D eigenvalue weighted by molar-refractivity contribution is 8.14. The van der Waals surface area contributed by atoms with Gasteiger partial charge in [0.1, 0.15) is 11.6 Å². The van der Waals surface area contributed by atoms with Gasteiger partial charge >= 0.3 is 5.24 Å². The fraction of sp³-hybridized carbons (Fsp3) is 0.211. The number of thioether (sulfide) groups is 1. The average Bonchev–Trinajstić information content (AvgIpc) is 3.29. The Morgan fingerprint density at radius 2 is 1.88 bits per heavy atom. The summed E-state index contributed by atoms with van der Waals surface area (Å²) in [6, 6.07) is 18.2. The summed E-state index contributed by atoms with van der Waals surface area (Å²) >= 11 is 1.22. The van der Waals surface area contributed by atoms with Gasteiger partial charge in [0.15, 0.2) is 0 Å². The van der Waals surface area contributed by atoms with Crippen molar-refractivity contribution in [2.24, 2.45) is 10.1 Å². The number of carbonyl (C=O) groups is 1. The number of ether oxygens (including phenoxy) is 1. The van der Waals surface area contributed by atoms with Gasteiger partial charge in [0.25, 0.3) is 0 Å². The van der Waals surface area contributed by atoms with Crippen molar-refractivity contribution in [3.05, 3.63) is 65.7 Å². The Balaban J connectivity index is 1.69. The second-order valence-electron chi connectivity index (χ2n) is 5.83. The van der Waals surface area contributed by atoms with E-state index in [0.29, 0.717) is 5.75 Å². The molecule has 2 aromatic rings. The molecule has 126 valence electrons. The number of aliphatic imine (C=N–C) groups is 1. The van der Waals surface area contributed by atoms with Gasteiger partial charge in [-0.2, -0.15) is 10.1 Å². The lowest BCUT2D eigenvalue weighted by Gasteiger charge is -2.23. The fourth-order valence-corrected chi connectivity index (χ4v) is 3.67. The smallest absolute Gasteiger partial charge is 0.307 e. The summed E-state index contributed by atoms with van der Waals surface area (Å²) in [6.45, 7) is 0. The van der Waals surface area contributed by atoms with E-state index in [-0.39, 0.29) is 11.3 Å². The molecular formula is C19H17N3O2S. The highest BCUT2D eigenvalue weighted by Gasteiger charge is 2.34. The van der Waals surface area contributed by atoms with Crippen molar-refractivity contribution in [2.75, 3.05) is 12.9 Å². The Kier molecular flexibility index (Phi) is 4.28. The molecule has 2 aliphatic heterocycles. The van der Waals surface area contributed by atoms with Crippen LogP contribution in [0.4, 0.5) is 4.79 Å². The van der Waals surface area contributed by atoms with Gasteiger partial charge in [-0.15, -0.1) is 0 Å². The number of carbonyl (C=O) groups excluding carboxylic acids is 1. The highest BCUT2D eigenvalue weighted by Crippen LogP contribution is 2.35. The Morgan fingerprint density at radius 3 is 2.52 bits per heavy atom. The third-order valence-electron chi connectivity index (χ3n) is 4.33. The number of hydrogen-bond acceptors (Lipinski definition) is 5. The van der Waals surface area contributed by atoms with Gasteiger partial charge in [-0.25, -0.2) is 5.01 Å². The van der Waals surface area contributed by atoms with Crippen molar-refractivity contribution in [3.8, 4) is 5.75 Å². The molecule has 0 aromatic heterocycles. The van der Waals surface area contributed by atoms with Gasteiger partial charge in [0.2, 0.25) is 0 Å². The predicted octanol–water partition coefficient (Wildman–Crippen LogP) is 4.11. The summed E-state index contributed by atoms with van der Waals surface area (Å²) in [5.41, 5.74) is 3.23. The quantitative estimate of drug-likeness (QED) is 0.835. The zero-order chi connectivity index (χ0) is 17.2. The van der Waals surface area contributed by atoms with Crippen LogP contribution in [0.25, 0.3) is 0 Å². The van der Waals surface area contributed by atoms with Crippen LogP contribution in [0.3, 0.4) is 0 Å². The SMILES string of the molecule is COc1ccc(C2CC(c3ccccc3)=NN2C2=NC(=O)SC2)cc1. The second-order valence-corrected chi connectivity index (χ2v) is 6.76. The van der Waals surface area contributed by atoms with Gasteiger partial charge in [0.05, 0.1) is 24.6 Å². The molecule has 1 amide bonds. The normalized spacial score (nSPS) is 19.8. The molecule has 2 aromatic carbocycles. The van der Waals surface area contributed by atoms with E-state index in [1.54, 1.807) is 7.11 Å². The second kappa shape index (κ2) is 6.72. The van der Waals surface area contributed by atoms with E-state index in [9.17, 15) is 4.79 Å². The van der Waals surface area contributed by atoms with Crippen molar-refractivity contribution in [1.82, 2.24) is 5.01 Å². The van der Waals surface area contributed by atoms with Gasteiger partial charge in [-0.3, -0.25) is 4.79 Å². The van der Waals surface area contributed by atoms with Crippen molar-refractivity contribution in [1.29, 1.82) is 0 Å². The van der Waals surface area contributed by atoms with Crippen molar-refractivity contribution in [3.63, 3.8) is 0 Å².